The smallest absolute Gasteiger partial charge is 0.290 e. The van der Waals surface area contributed by atoms with Crippen LogP contribution in [0, 0.1) is 0 Å². The van der Waals surface area contributed by atoms with Gasteiger partial charge in [-0.05, 0) is 34.7 Å². The molecule has 0 spiro atoms. The van der Waals surface area contributed by atoms with E-state index in [4.69, 9.17) is 4.74 Å². The summed E-state index contributed by atoms with van der Waals surface area (Å²) in [5.74, 6) is -0.691. The molecule has 29 heavy (non-hydrogen) atoms. The largest absolute Gasteiger partial charge is 0.503 e. The van der Waals surface area contributed by atoms with Gasteiger partial charge in [0.15, 0.2) is 5.76 Å². The number of rotatable bonds is 6. The zero-order valence-electron chi connectivity index (χ0n) is 15.7. The Labute approximate surface area is 172 Å². The van der Waals surface area contributed by atoms with Gasteiger partial charge in [-0.15, -0.1) is 11.3 Å². The summed E-state index contributed by atoms with van der Waals surface area (Å²) in [5, 5.41) is 12.5. The molecule has 4 rings (SSSR count). The van der Waals surface area contributed by atoms with Crippen molar-refractivity contribution >= 4 is 23.0 Å². The van der Waals surface area contributed by atoms with Gasteiger partial charge in [-0.1, -0.05) is 48.5 Å². The molecule has 0 radical (unpaired) electrons. The van der Waals surface area contributed by atoms with Crippen molar-refractivity contribution in [2.75, 3.05) is 7.11 Å². The molecule has 1 atom stereocenters. The second-order valence-electron chi connectivity index (χ2n) is 6.66. The SMILES string of the molecule is COc1ccc([C@@H]2C(C(=O)c3cccs3)=C(O)C(=O)N2Cc2ccccc2)cc1. The highest BCUT2D eigenvalue weighted by molar-refractivity contribution is 7.12. The molecule has 5 nitrogen and oxygen atoms in total. The van der Waals surface area contributed by atoms with Crippen LogP contribution in [0.1, 0.15) is 26.8 Å². The Morgan fingerprint density at radius 3 is 2.41 bits per heavy atom. The van der Waals surface area contributed by atoms with Gasteiger partial charge in [0.2, 0.25) is 5.78 Å². The molecule has 1 amide bonds. The van der Waals surface area contributed by atoms with Gasteiger partial charge in [0.1, 0.15) is 5.75 Å². The van der Waals surface area contributed by atoms with E-state index in [9.17, 15) is 14.7 Å². The van der Waals surface area contributed by atoms with Gasteiger partial charge in [0.05, 0.1) is 23.6 Å². The van der Waals surface area contributed by atoms with Gasteiger partial charge in [-0.25, -0.2) is 0 Å². The molecule has 0 saturated heterocycles. The maximum absolute atomic E-state index is 13.2. The molecule has 6 heteroatoms. The summed E-state index contributed by atoms with van der Waals surface area (Å²) >= 11 is 1.29. The van der Waals surface area contributed by atoms with Crippen LogP contribution in [0.4, 0.5) is 0 Å². The van der Waals surface area contributed by atoms with Crippen LogP contribution >= 0.6 is 11.3 Å². The summed E-state index contributed by atoms with van der Waals surface area (Å²) in [7, 11) is 1.58. The molecule has 0 unspecified atom stereocenters. The number of benzene rings is 2. The minimum absolute atomic E-state index is 0.110. The second kappa shape index (κ2) is 7.93. The quantitative estimate of drug-likeness (QED) is 0.612. The van der Waals surface area contributed by atoms with Gasteiger partial charge in [0, 0.05) is 6.54 Å². The first-order valence-corrected chi connectivity index (χ1v) is 9.98. The first-order chi connectivity index (χ1) is 14.1. The maximum Gasteiger partial charge on any atom is 0.290 e. The molecule has 0 bridgehead atoms. The number of aliphatic hydroxyl groups is 1. The molecule has 2 heterocycles. The van der Waals surface area contributed by atoms with Crippen LogP contribution in [0.3, 0.4) is 0 Å². The Kier molecular flexibility index (Phi) is 5.18. The fourth-order valence-corrected chi connectivity index (χ4v) is 4.18. The number of ether oxygens (including phenoxy) is 1. The topological polar surface area (TPSA) is 66.8 Å². The lowest BCUT2D eigenvalue weighted by molar-refractivity contribution is -0.130. The number of hydrogen-bond donors (Lipinski definition) is 1. The molecule has 1 aliphatic rings. The van der Waals surface area contributed by atoms with Gasteiger partial charge >= 0.3 is 0 Å². The summed E-state index contributed by atoms with van der Waals surface area (Å²) in [6.07, 6.45) is 0. The van der Waals surface area contributed by atoms with Crippen molar-refractivity contribution in [1.29, 1.82) is 0 Å². The van der Waals surface area contributed by atoms with E-state index in [2.05, 4.69) is 0 Å². The van der Waals surface area contributed by atoms with Crippen molar-refractivity contribution in [3.63, 3.8) is 0 Å². The molecule has 146 valence electrons. The number of amides is 1. The van der Waals surface area contributed by atoms with E-state index in [1.165, 1.54) is 16.2 Å². The average molecular weight is 405 g/mol. The van der Waals surface area contributed by atoms with Crippen molar-refractivity contribution in [3.8, 4) is 5.75 Å². The third-order valence-electron chi connectivity index (χ3n) is 4.92. The molecule has 0 fully saturated rings. The van der Waals surface area contributed by atoms with Crippen LogP contribution in [0.2, 0.25) is 0 Å². The number of nitrogens with zero attached hydrogens (tertiary/aromatic N) is 1. The fraction of sp³-hybridized carbons (Fsp3) is 0.130. The number of ketones is 1. The molecule has 1 N–H and O–H groups in total. The summed E-state index contributed by atoms with van der Waals surface area (Å²) in [5.41, 5.74) is 1.76. The lowest BCUT2D eigenvalue weighted by atomic mass is 9.95. The number of methoxy groups -OCH3 is 1. The molecular weight excluding hydrogens is 386 g/mol. The molecule has 2 aromatic carbocycles. The van der Waals surface area contributed by atoms with Crippen molar-refractivity contribution < 1.29 is 19.4 Å². The number of thiophene rings is 1. The fourth-order valence-electron chi connectivity index (χ4n) is 3.50. The van der Waals surface area contributed by atoms with E-state index < -0.39 is 17.7 Å². The highest BCUT2D eigenvalue weighted by Crippen LogP contribution is 2.40. The standard InChI is InChI=1S/C23H19NO4S/c1-28-17-11-9-16(10-12-17)20-19(21(25)18-8-5-13-29-18)22(26)23(27)24(20)14-15-6-3-2-4-7-15/h2-13,20,26H,14H2,1H3/t20-/m1/s1. The van der Waals surface area contributed by atoms with Crippen molar-refractivity contribution in [1.82, 2.24) is 4.90 Å². The van der Waals surface area contributed by atoms with E-state index in [1.807, 2.05) is 42.5 Å². The Morgan fingerprint density at radius 2 is 1.79 bits per heavy atom. The first kappa shape index (κ1) is 19.0. The van der Waals surface area contributed by atoms with E-state index in [0.717, 1.165) is 11.1 Å². The molecule has 0 aliphatic carbocycles. The van der Waals surface area contributed by atoms with Gasteiger partial charge < -0.3 is 14.7 Å². The first-order valence-electron chi connectivity index (χ1n) is 9.10. The maximum atomic E-state index is 13.2. The van der Waals surface area contributed by atoms with E-state index in [1.54, 1.807) is 36.8 Å². The highest BCUT2D eigenvalue weighted by atomic mass is 32.1. The van der Waals surface area contributed by atoms with Crippen LogP contribution in [-0.4, -0.2) is 28.8 Å². The van der Waals surface area contributed by atoms with Crippen LogP contribution in [0.25, 0.3) is 0 Å². The number of carbonyl (C=O) groups is 2. The summed E-state index contributed by atoms with van der Waals surface area (Å²) in [6, 6.07) is 19.5. The summed E-state index contributed by atoms with van der Waals surface area (Å²) < 4.78 is 5.22. The normalized spacial score (nSPS) is 16.4. The Bertz CT molecular complexity index is 1060. The zero-order chi connectivity index (χ0) is 20.4. The minimum Gasteiger partial charge on any atom is -0.503 e. The third kappa shape index (κ3) is 3.54. The van der Waals surface area contributed by atoms with E-state index >= 15 is 0 Å². The lowest BCUT2D eigenvalue weighted by Crippen LogP contribution is -2.30. The highest BCUT2D eigenvalue weighted by Gasteiger charge is 2.43. The predicted molar refractivity (Wildman–Crippen MR) is 111 cm³/mol. The minimum atomic E-state index is -0.678. The van der Waals surface area contributed by atoms with Gasteiger partial charge in [-0.2, -0.15) is 0 Å². The van der Waals surface area contributed by atoms with Crippen LogP contribution < -0.4 is 4.74 Å². The van der Waals surface area contributed by atoms with Crippen molar-refractivity contribution in [3.05, 3.63) is 99.4 Å². The average Bonchev–Trinajstić information content (AvgIpc) is 3.38. The molecule has 1 aromatic heterocycles. The molecular formula is C23H19NO4S. The Morgan fingerprint density at radius 1 is 1.07 bits per heavy atom. The van der Waals surface area contributed by atoms with Gasteiger partial charge in [-0.3, -0.25) is 9.59 Å². The van der Waals surface area contributed by atoms with Gasteiger partial charge in [0.25, 0.3) is 5.91 Å². The second-order valence-corrected chi connectivity index (χ2v) is 7.61. The monoisotopic (exact) mass is 405 g/mol. The zero-order valence-corrected chi connectivity index (χ0v) is 16.6. The van der Waals surface area contributed by atoms with Crippen molar-refractivity contribution in [2.45, 2.75) is 12.6 Å². The van der Waals surface area contributed by atoms with E-state index in [0.29, 0.717) is 10.6 Å². The lowest BCUT2D eigenvalue weighted by Gasteiger charge is -2.27. The third-order valence-corrected chi connectivity index (χ3v) is 5.79. The number of hydrogen-bond acceptors (Lipinski definition) is 5. The number of carbonyl (C=O) groups excluding carboxylic acids is 2. The number of aliphatic hydroxyl groups excluding tert-OH is 1. The Balaban J connectivity index is 1.79. The number of Topliss-reactive ketones (excluding diaryl/α,β-unsaturated/α-hetero) is 1. The van der Waals surface area contributed by atoms with Crippen molar-refractivity contribution in [2.24, 2.45) is 0 Å². The van der Waals surface area contributed by atoms with Crippen LogP contribution in [0.15, 0.2) is 83.4 Å². The van der Waals surface area contributed by atoms with Crippen LogP contribution in [0.5, 0.6) is 5.75 Å². The molecule has 0 saturated carbocycles. The predicted octanol–water partition coefficient (Wildman–Crippen LogP) is 4.54. The van der Waals surface area contributed by atoms with Crippen LogP contribution in [-0.2, 0) is 11.3 Å². The summed E-state index contributed by atoms with van der Waals surface area (Å²) in [4.78, 5) is 28.1. The Hall–Kier alpha value is -3.38. The summed E-state index contributed by atoms with van der Waals surface area (Å²) in [6.45, 7) is 0.279. The van der Waals surface area contributed by atoms with E-state index in [-0.39, 0.29) is 17.9 Å². The molecule has 3 aromatic rings. The molecule has 1 aliphatic heterocycles.